The molecule has 0 amide bonds. The highest BCUT2D eigenvalue weighted by Gasteiger charge is 2.21. The maximum absolute atomic E-state index is 5.86. The molecule has 3 nitrogen and oxygen atoms in total. The van der Waals surface area contributed by atoms with Crippen LogP contribution in [0, 0.1) is 5.92 Å². The van der Waals surface area contributed by atoms with Crippen molar-refractivity contribution < 1.29 is 4.74 Å². The van der Waals surface area contributed by atoms with E-state index in [1.165, 1.54) is 19.4 Å². The molecular formula is C16H25ClN2O. The first-order valence-corrected chi connectivity index (χ1v) is 7.78. The molecule has 20 heavy (non-hydrogen) atoms. The van der Waals surface area contributed by atoms with Gasteiger partial charge in [-0.25, -0.2) is 0 Å². The number of nitrogens with zero attached hydrogens (tertiary/aromatic N) is 1. The third kappa shape index (κ3) is 5.31. The molecular weight excluding hydrogens is 272 g/mol. The lowest BCUT2D eigenvalue weighted by Crippen LogP contribution is -2.41. The van der Waals surface area contributed by atoms with E-state index in [4.69, 9.17) is 16.3 Å². The molecule has 112 valence electrons. The number of piperidine rings is 1. The molecule has 1 aliphatic heterocycles. The van der Waals surface area contributed by atoms with Gasteiger partial charge in [0.2, 0.25) is 0 Å². The summed E-state index contributed by atoms with van der Waals surface area (Å²) in [5.41, 5.74) is 0. The van der Waals surface area contributed by atoms with Gasteiger partial charge < -0.3 is 15.0 Å². The number of hydrogen-bond donors (Lipinski definition) is 1. The first-order chi connectivity index (χ1) is 9.63. The first-order valence-electron chi connectivity index (χ1n) is 7.40. The Hall–Kier alpha value is -0.770. The normalized spacial score (nSPS) is 23.0. The summed E-state index contributed by atoms with van der Waals surface area (Å²) < 4.78 is 5.77. The molecule has 1 saturated heterocycles. The number of hydrogen-bond acceptors (Lipinski definition) is 3. The van der Waals surface area contributed by atoms with Gasteiger partial charge in [-0.3, -0.25) is 0 Å². The third-order valence-electron chi connectivity index (χ3n) is 3.78. The van der Waals surface area contributed by atoms with Crippen molar-refractivity contribution in [2.45, 2.75) is 25.3 Å². The molecule has 1 N–H and O–H groups in total. The second-order valence-corrected chi connectivity index (χ2v) is 6.33. The number of benzene rings is 1. The highest BCUT2D eigenvalue weighted by Crippen LogP contribution is 2.20. The average molecular weight is 297 g/mol. The number of nitrogens with one attached hydrogen (secondary N) is 1. The summed E-state index contributed by atoms with van der Waals surface area (Å²) in [5.74, 6) is 1.71. The summed E-state index contributed by atoms with van der Waals surface area (Å²) in [4.78, 5) is 2.29. The lowest BCUT2D eigenvalue weighted by atomic mass is 9.91. The van der Waals surface area contributed by atoms with Crippen molar-refractivity contribution in [2.75, 3.05) is 33.8 Å². The molecule has 0 spiro atoms. The molecule has 2 atom stereocenters. The van der Waals surface area contributed by atoms with Gasteiger partial charge in [0.05, 0.1) is 6.61 Å². The van der Waals surface area contributed by atoms with Crippen molar-refractivity contribution in [3.05, 3.63) is 29.3 Å². The molecule has 0 radical (unpaired) electrons. The fourth-order valence-corrected chi connectivity index (χ4v) is 2.97. The van der Waals surface area contributed by atoms with Gasteiger partial charge in [0, 0.05) is 17.6 Å². The van der Waals surface area contributed by atoms with Crippen LogP contribution < -0.4 is 10.1 Å². The molecule has 1 fully saturated rings. The first kappa shape index (κ1) is 15.6. The molecule has 0 aliphatic carbocycles. The van der Waals surface area contributed by atoms with E-state index in [0.717, 1.165) is 36.3 Å². The Morgan fingerprint density at radius 2 is 2.05 bits per heavy atom. The lowest BCUT2D eigenvalue weighted by molar-refractivity contribution is 0.210. The summed E-state index contributed by atoms with van der Waals surface area (Å²) in [5, 5.41) is 4.35. The predicted octanol–water partition coefficient (Wildman–Crippen LogP) is 3.04. The lowest BCUT2D eigenvalue weighted by Gasteiger charge is -2.32. The van der Waals surface area contributed by atoms with Crippen LogP contribution in [0.1, 0.15) is 19.3 Å². The monoisotopic (exact) mass is 296 g/mol. The molecule has 1 aromatic carbocycles. The second kappa shape index (κ2) is 7.87. The van der Waals surface area contributed by atoms with E-state index >= 15 is 0 Å². The van der Waals surface area contributed by atoms with Crippen LogP contribution in [-0.2, 0) is 0 Å². The van der Waals surface area contributed by atoms with Crippen molar-refractivity contribution in [1.82, 2.24) is 10.2 Å². The van der Waals surface area contributed by atoms with Gasteiger partial charge in [-0.15, -0.1) is 0 Å². The van der Waals surface area contributed by atoms with Gasteiger partial charge in [0.1, 0.15) is 5.75 Å². The standard InChI is InChI=1S/C16H25ClN2O/c1-19(2)12-13-7-9-18-15(11-13)8-10-20-16-5-3-14(17)4-6-16/h3-6,13,15,18H,7-12H2,1-2H3. The van der Waals surface area contributed by atoms with Gasteiger partial charge in [-0.05, 0) is 70.1 Å². The Morgan fingerprint density at radius 3 is 2.75 bits per heavy atom. The van der Waals surface area contributed by atoms with Gasteiger partial charge in [0.25, 0.3) is 0 Å². The van der Waals surface area contributed by atoms with Crippen LogP contribution in [0.15, 0.2) is 24.3 Å². The van der Waals surface area contributed by atoms with E-state index < -0.39 is 0 Å². The summed E-state index contributed by atoms with van der Waals surface area (Å²) in [6, 6.07) is 8.16. The Morgan fingerprint density at radius 1 is 1.30 bits per heavy atom. The van der Waals surface area contributed by atoms with Crippen LogP contribution >= 0.6 is 11.6 Å². The molecule has 1 aromatic rings. The minimum Gasteiger partial charge on any atom is -0.494 e. The van der Waals surface area contributed by atoms with E-state index in [1.54, 1.807) is 0 Å². The smallest absolute Gasteiger partial charge is 0.119 e. The predicted molar refractivity (Wildman–Crippen MR) is 84.6 cm³/mol. The fourth-order valence-electron chi connectivity index (χ4n) is 2.85. The fraction of sp³-hybridized carbons (Fsp3) is 0.625. The van der Waals surface area contributed by atoms with Gasteiger partial charge in [-0.2, -0.15) is 0 Å². The van der Waals surface area contributed by atoms with E-state index in [9.17, 15) is 0 Å². The minimum absolute atomic E-state index is 0.584. The highest BCUT2D eigenvalue weighted by molar-refractivity contribution is 6.30. The zero-order chi connectivity index (χ0) is 14.4. The van der Waals surface area contributed by atoms with E-state index in [2.05, 4.69) is 24.3 Å². The van der Waals surface area contributed by atoms with E-state index in [0.29, 0.717) is 6.04 Å². The molecule has 1 aliphatic rings. The van der Waals surface area contributed by atoms with E-state index in [-0.39, 0.29) is 0 Å². The number of rotatable bonds is 6. The maximum atomic E-state index is 5.86. The van der Waals surface area contributed by atoms with Crippen molar-refractivity contribution in [2.24, 2.45) is 5.92 Å². The van der Waals surface area contributed by atoms with Crippen LogP contribution in [0.3, 0.4) is 0 Å². The van der Waals surface area contributed by atoms with Crippen LogP contribution in [0.5, 0.6) is 5.75 Å². The van der Waals surface area contributed by atoms with Crippen LogP contribution in [0.4, 0.5) is 0 Å². The van der Waals surface area contributed by atoms with Crippen molar-refractivity contribution in [1.29, 1.82) is 0 Å². The molecule has 1 heterocycles. The van der Waals surface area contributed by atoms with Crippen molar-refractivity contribution in [3.8, 4) is 5.75 Å². The second-order valence-electron chi connectivity index (χ2n) is 5.89. The molecule has 0 aromatic heterocycles. The summed E-state index contributed by atoms with van der Waals surface area (Å²) >= 11 is 5.86. The number of ether oxygens (including phenoxy) is 1. The zero-order valence-electron chi connectivity index (χ0n) is 12.4. The van der Waals surface area contributed by atoms with Crippen LogP contribution in [-0.4, -0.2) is 44.7 Å². The Kier molecular flexibility index (Phi) is 6.14. The topological polar surface area (TPSA) is 24.5 Å². The molecule has 2 unspecified atom stereocenters. The summed E-state index contributed by atoms with van der Waals surface area (Å²) in [6.07, 6.45) is 3.60. The van der Waals surface area contributed by atoms with Gasteiger partial charge >= 0.3 is 0 Å². The largest absolute Gasteiger partial charge is 0.494 e. The van der Waals surface area contributed by atoms with E-state index in [1.807, 2.05) is 24.3 Å². The highest BCUT2D eigenvalue weighted by atomic mass is 35.5. The molecule has 2 rings (SSSR count). The summed E-state index contributed by atoms with van der Waals surface area (Å²) in [7, 11) is 4.31. The van der Waals surface area contributed by atoms with Gasteiger partial charge in [0.15, 0.2) is 0 Å². The Bertz CT molecular complexity index is 394. The average Bonchev–Trinajstić information content (AvgIpc) is 2.41. The SMILES string of the molecule is CN(C)CC1CCNC(CCOc2ccc(Cl)cc2)C1. The van der Waals surface area contributed by atoms with Crippen molar-refractivity contribution >= 4 is 11.6 Å². The maximum Gasteiger partial charge on any atom is 0.119 e. The minimum atomic E-state index is 0.584. The Labute approximate surface area is 127 Å². The third-order valence-corrected chi connectivity index (χ3v) is 4.03. The molecule has 0 bridgehead atoms. The summed E-state index contributed by atoms with van der Waals surface area (Å²) in [6.45, 7) is 3.08. The van der Waals surface area contributed by atoms with Gasteiger partial charge in [-0.1, -0.05) is 11.6 Å². The zero-order valence-corrected chi connectivity index (χ0v) is 13.2. The van der Waals surface area contributed by atoms with Crippen LogP contribution in [0.25, 0.3) is 0 Å². The molecule has 0 saturated carbocycles. The quantitative estimate of drug-likeness (QED) is 0.873. The van der Waals surface area contributed by atoms with Crippen LogP contribution in [0.2, 0.25) is 5.02 Å². The molecule has 4 heteroatoms. The van der Waals surface area contributed by atoms with Crippen molar-refractivity contribution in [3.63, 3.8) is 0 Å². The Balaban J connectivity index is 1.69. The number of halogens is 1.